The van der Waals surface area contributed by atoms with Crippen LogP contribution in [0.3, 0.4) is 0 Å². The lowest BCUT2D eigenvalue weighted by Crippen LogP contribution is -2.31. The lowest BCUT2D eigenvalue weighted by Gasteiger charge is -2.30. The van der Waals surface area contributed by atoms with Gasteiger partial charge in [-0.3, -0.25) is 9.59 Å². The molecule has 0 aliphatic heterocycles. The topological polar surface area (TPSA) is 71.1 Å². The number of carbonyl (C=O) groups excluding carboxylic acids is 2. The van der Waals surface area contributed by atoms with Crippen molar-refractivity contribution >= 4 is 11.9 Å². The van der Waals surface area contributed by atoms with Crippen molar-refractivity contribution in [3.8, 4) is 11.5 Å². The summed E-state index contributed by atoms with van der Waals surface area (Å²) in [4.78, 5) is 24.6. The maximum atomic E-state index is 12.6. The molecule has 0 unspecified atom stereocenters. The second-order valence-electron chi connectivity index (χ2n) is 8.71. The zero-order chi connectivity index (χ0) is 22.4. The van der Waals surface area contributed by atoms with Gasteiger partial charge >= 0.3 is 11.9 Å². The Kier molecular flexibility index (Phi) is 8.99. The number of hydrogen-bond acceptors (Lipinski definition) is 6. The summed E-state index contributed by atoms with van der Waals surface area (Å²) in [6, 6.07) is 5.63. The normalized spacial score (nSPS) is 14.7. The third-order valence-electron chi connectivity index (χ3n) is 4.62. The maximum absolute atomic E-state index is 12.6. The van der Waals surface area contributed by atoms with Gasteiger partial charge < -0.3 is 18.9 Å². The van der Waals surface area contributed by atoms with Gasteiger partial charge in [-0.1, -0.05) is 26.8 Å². The number of methoxy groups -OCH3 is 2. The van der Waals surface area contributed by atoms with E-state index in [9.17, 15) is 9.59 Å². The van der Waals surface area contributed by atoms with E-state index in [1.54, 1.807) is 41.9 Å². The molecule has 0 fully saturated rings. The molecule has 0 radical (unpaired) electrons. The lowest BCUT2D eigenvalue weighted by molar-refractivity contribution is -0.163. The monoisotopic (exact) mass is 408 g/mol. The number of carbonyl (C=O) groups is 2. The van der Waals surface area contributed by atoms with Crippen LogP contribution in [0.5, 0.6) is 11.5 Å². The van der Waals surface area contributed by atoms with Gasteiger partial charge in [0, 0.05) is 17.5 Å². The average molecular weight is 409 g/mol. The highest BCUT2D eigenvalue weighted by atomic mass is 16.6. The zero-order valence-corrected chi connectivity index (χ0v) is 19.2. The third kappa shape index (κ3) is 7.59. The van der Waals surface area contributed by atoms with Crippen LogP contribution >= 0.6 is 0 Å². The predicted molar refractivity (Wildman–Crippen MR) is 112 cm³/mol. The maximum Gasteiger partial charge on any atom is 0.309 e. The minimum Gasteiger partial charge on any atom is -0.497 e. The van der Waals surface area contributed by atoms with E-state index in [2.05, 4.69) is 13.8 Å². The lowest BCUT2D eigenvalue weighted by atomic mass is 9.83. The quantitative estimate of drug-likeness (QED) is 0.550. The minimum atomic E-state index is -0.585. The summed E-state index contributed by atoms with van der Waals surface area (Å²) in [5.74, 6) is 0.0949. The molecule has 0 bridgehead atoms. The van der Waals surface area contributed by atoms with Crippen LogP contribution in [0.1, 0.15) is 66.4 Å². The molecule has 0 aromatic heterocycles. The van der Waals surface area contributed by atoms with Crippen LogP contribution in [0.15, 0.2) is 18.2 Å². The van der Waals surface area contributed by atoms with Crippen LogP contribution in [-0.2, 0) is 19.1 Å². The van der Waals surface area contributed by atoms with Crippen molar-refractivity contribution in [2.24, 2.45) is 11.8 Å². The van der Waals surface area contributed by atoms with E-state index >= 15 is 0 Å². The van der Waals surface area contributed by atoms with Crippen molar-refractivity contribution in [2.45, 2.75) is 72.5 Å². The molecule has 0 amide bonds. The van der Waals surface area contributed by atoms with Gasteiger partial charge in [0.25, 0.3) is 0 Å². The van der Waals surface area contributed by atoms with Gasteiger partial charge in [0.05, 0.1) is 26.6 Å². The molecule has 0 saturated heterocycles. The summed E-state index contributed by atoms with van der Waals surface area (Å²) in [7, 11) is 3.21. The highest BCUT2D eigenvalue weighted by Gasteiger charge is 2.31. The highest BCUT2D eigenvalue weighted by Crippen LogP contribution is 2.38. The van der Waals surface area contributed by atoms with Gasteiger partial charge in [-0.25, -0.2) is 0 Å². The van der Waals surface area contributed by atoms with Crippen LogP contribution in [0.25, 0.3) is 0 Å². The fraction of sp³-hybridized carbons (Fsp3) is 0.652. The summed E-state index contributed by atoms with van der Waals surface area (Å²) in [6.45, 7) is 13.1. The van der Waals surface area contributed by atoms with Gasteiger partial charge in [-0.2, -0.15) is 0 Å². The van der Waals surface area contributed by atoms with E-state index in [4.69, 9.17) is 18.9 Å². The Hall–Kier alpha value is -2.24. The fourth-order valence-corrected chi connectivity index (χ4v) is 3.34. The van der Waals surface area contributed by atoms with Crippen LogP contribution in [0, 0.1) is 11.8 Å². The molecule has 0 aliphatic rings. The molecule has 0 aliphatic carbocycles. The van der Waals surface area contributed by atoms with Crippen molar-refractivity contribution in [1.82, 2.24) is 0 Å². The van der Waals surface area contributed by atoms with Crippen molar-refractivity contribution in [3.05, 3.63) is 23.8 Å². The Balaban J connectivity index is 2.92. The van der Waals surface area contributed by atoms with E-state index in [1.807, 2.05) is 25.1 Å². The Morgan fingerprint density at radius 1 is 1.00 bits per heavy atom. The van der Waals surface area contributed by atoms with E-state index in [0.29, 0.717) is 11.5 Å². The first-order valence-corrected chi connectivity index (χ1v) is 10.0. The Morgan fingerprint density at radius 2 is 1.62 bits per heavy atom. The number of ether oxygens (including phenoxy) is 4. The Morgan fingerprint density at radius 3 is 2.10 bits per heavy atom. The van der Waals surface area contributed by atoms with Gasteiger partial charge in [0.2, 0.25) is 0 Å². The van der Waals surface area contributed by atoms with Gasteiger partial charge in [-0.15, -0.1) is 0 Å². The largest absolute Gasteiger partial charge is 0.497 e. The smallest absolute Gasteiger partial charge is 0.309 e. The van der Waals surface area contributed by atoms with E-state index in [0.717, 1.165) is 5.56 Å². The molecule has 0 spiro atoms. The standard InChI is InChI=1S/C23H36O6/c1-14(2)21(18-11-10-17(26-8)13-19(18)27-9)16(4)28-22(25)15(3)12-20(24)29-23(5,6)7/h10-11,13-16,21H,12H2,1-9H3/t15-,16+,21-/m1/s1. The first kappa shape index (κ1) is 24.8. The summed E-state index contributed by atoms with van der Waals surface area (Å²) in [5, 5.41) is 0. The van der Waals surface area contributed by atoms with Crippen LogP contribution in [0.2, 0.25) is 0 Å². The molecule has 1 aromatic rings. The zero-order valence-electron chi connectivity index (χ0n) is 19.2. The molecule has 0 heterocycles. The van der Waals surface area contributed by atoms with Crippen molar-refractivity contribution in [3.63, 3.8) is 0 Å². The highest BCUT2D eigenvalue weighted by molar-refractivity contribution is 5.80. The second-order valence-corrected chi connectivity index (χ2v) is 8.71. The molecule has 6 heteroatoms. The van der Waals surface area contributed by atoms with E-state index in [1.165, 1.54) is 0 Å². The molecular formula is C23H36O6. The molecular weight excluding hydrogens is 372 g/mol. The predicted octanol–water partition coefficient (Wildman–Crippen LogP) is 4.74. The van der Waals surface area contributed by atoms with Crippen LogP contribution in [0.4, 0.5) is 0 Å². The van der Waals surface area contributed by atoms with Gasteiger partial charge in [0.1, 0.15) is 23.2 Å². The van der Waals surface area contributed by atoms with Crippen molar-refractivity contribution < 1.29 is 28.5 Å². The number of benzene rings is 1. The fourth-order valence-electron chi connectivity index (χ4n) is 3.34. The number of rotatable bonds is 9. The second kappa shape index (κ2) is 10.5. The van der Waals surface area contributed by atoms with Crippen LogP contribution < -0.4 is 9.47 Å². The third-order valence-corrected chi connectivity index (χ3v) is 4.62. The molecule has 0 N–H and O–H groups in total. The van der Waals surface area contributed by atoms with E-state index in [-0.39, 0.29) is 18.3 Å². The number of hydrogen-bond donors (Lipinski definition) is 0. The summed E-state index contributed by atoms with van der Waals surface area (Å²) < 4.78 is 21.8. The molecule has 0 saturated carbocycles. The van der Waals surface area contributed by atoms with Crippen LogP contribution in [-0.4, -0.2) is 37.9 Å². The minimum absolute atomic E-state index is 0.0129. The van der Waals surface area contributed by atoms with Gasteiger partial charge in [-0.05, 0) is 39.7 Å². The molecule has 1 aromatic carbocycles. The number of esters is 2. The summed E-state index contributed by atoms with van der Waals surface area (Å²) in [6.07, 6.45) is -0.410. The summed E-state index contributed by atoms with van der Waals surface area (Å²) >= 11 is 0. The first-order valence-electron chi connectivity index (χ1n) is 10.0. The Bertz CT molecular complexity index is 689. The van der Waals surface area contributed by atoms with E-state index < -0.39 is 29.6 Å². The SMILES string of the molecule is COc1ccc([C@H](C(C)C)[C@H](C)OC(=O)[C@H](C)CC(=O)OC(C)(C)C)c(OC)c1. The molecule has 29 heavy (non-hydrogen) atoms. The molecule has 3 atom stereocenters. The van der Waals surface area contributed by atoms with Crippen molar-refractivity contribution in [2.75, 3.05) is 14.2 Å². The summed E-state index contributed by atoms with van der Waals surface area (Å²) in [5.41, 5.74) is 0.366. The van der Waals surface area contributed by atoms with Crippen molar-refractivity contribution in [1.29, 1.82) is 0 Å². The molecule has 164 valence electrons. The first-order chi connectivity index (χ1) is 13.4. The molecule has 1 rings (SSSR count). The average Bonchev–Trinajstić information content (AvgIpc) is 2.59. The Labute approximate surface area is 174 Å². The molecule has 6 nitrogen and oxygen atoms in total. The van der Waals surface area contributed by atoms with Gasteiger partial charge in [0.15, 0.2) is 0 Å².